The molecule has 1 aliphatic rings. The number of benzene rings is 3. The van der Waals surface area contributed by atoms with Gasteiger partial charge in [0.1, 0.15) is 6.61 Å². The predicted molar refractivity (Wildman–Crippen MR) is 114 cm³/mol. The van der Waals surface area contributed by atoms with Gasteiger partial charge in [-0.25, -0.2) is 4.79 Å². The Morgan fingerprint density at radius 2 is 1.50 bits per heavy atom. The smallest absolute Gasteiger partial charge is 0.407 e. The first kappa shape index (κ1) is 19.5. The standard InChI is InChI=1S/C24H22N2O4/c25-16-11-9-15(10-12-16)22(13-23(27)28)26-24(29)30-14-21-19-7-3-1-5-17(19)18-6-2-4-8-20(18)21/h1-12,21-22H,13-14,25H2,(H,26,29)(H,27,28). The van der Waals surface area contributed by atoms with E-state index in [1.807, 2.05) is 36.4 Å². The highest BCUT2D eigenvalue weighted by Crippen LogP contribution is 2.44. The van der Waals surface area contributed by atoms with Gasteiger partial charge in [0, 0.05) is 11.6 Å². The topological polar surface area (TPSA) is 102 Å². The molecule has 0 aromatic heterocycles. The van der Waals surface area contributed by atoms with E-state index in [2.05, 4.69) is 17.4 Å². The van der Waals surface area contributed by atoms with Gasteiger partial charge in [0.15, 0.2) is 0 Å². The number of alkyl carbamates (subject to hydrolysis) is 1. The molecule has 0 fully saturated rings. The van der Waals surface area contributed by atoms with Crippen molar-refractivity contribution in [1.29, 1.82) is 0 Å². The molecule has 0 spiro atoms. The van der Waals surface area contributed by atoms with Crippen LogP contribution in [0.15, 0.2) is 72.8 Å². The van der Waals surface area contributed by atoms with Gasteiger partial charge in [0.2, 0.25) is 0 Å². The number of carboxylic acids is 1. The Bertz CT molecular complexity index is 1030. The molecule has 0 saturated carbocycles. The van der Waals surface area contributed by atoms with Gasteiger partial charge in [-0.3, -0.25) is 4.79 Å². The predicted octanol–water partition coefficient (Wildman–Crippen LogP) is 4.32. The van der Waals surface area contributed by atoms with Gasteiger partial charge in [-0.15, -0.1) is 0 Å². The van der Waals surface area contributed by atoms with Crippen LogP contribution in [0.2, 0.25) is 0 Å². The number of carbonyl (C=O) groups excluding carboxylic acids is 1. The highest BCUT2D eigenvalue weighted by molar-refractivity contribution is 5.79. The van der Waals surface area contributed by atoms with Gasteiger partial charge in [0.05, 0.1) is 12.5 Å². The zero-order valence-electron chi connectivity index (χ0n) is 16.2. The molecule has 1 unspecified atom stereocenters. The van der Waals surface area contributed by atoms with E-state index in [4.69, 9.17) is 10.5 Å². The molecule has 4 rings (SSSR count). The fourth-order valence-electron chi connectivity index (χ4n) is 3.94. The molecule has 1 atom stereocenters. The lowest BCUT2D eigenvalue weighted by Gasteiger charge is -2.19. The van der Waals surface area contributed by atoms with Crippen molar-refractivity contribution >= 4 is 17.7 Å². The number of fused-ring (bicyclic) bond motifs is 3. The molecule has 0 heterocycles. The maximum Gasteiger partial charge on any atom is 0.407 e. The number of aliphatic carboxylic acids is 1. The molecule has 30 heavy (non-hydrogen) atoms. The van der Waals surface area contributed by atoms with Crippen molar-refractivity contribution < 1.29 is 19.4 Å². The first-order chi connectivity index (χ1) is 14.5. The Kier molecular flexibility index (Phi) is 5.39. The molecule has 0 radical (unpaired) electrons. The number of carbonyl (C=O) groups is 2. The molecule has 152 valence electrons. The van der Waals surface area contributed by atoms with E-state index in [0.29, 0.717) is 11.3 Å². The first-order valence-corrected chi connectivity index (χ1v) is 9.71. The largest absolute Gasteiger partial charge is 0.481 e. The molecule has 0 bridgehead atoms. The molecule has 1 amide bonds. The molecule has 3 aromatic rings. The van der Waals surface area contributed by atoms with Crippen molar-refractivity contribution in [2.24, 2.45) is 0 Å². The van der Waals surface area contributed by atoms with E-state index in [0.717, 1.165) is 22.3 Å². The van der Waals surface area contributed by atoms with Crippen LogP contribution in [0.3, 0.4) is 0 Å². The first-order valence-electron chi connectivity index (χ1n) is 9.71. The minimum Gasteiger partial charge on any atom is -0.481 e. The average Bonchev–Trinajstić information content (AvgIpc) is 3.06. The van der Waals surface area contributed by atoms with E-state index >= 15 is 0 Å². The Morgan fingerprint density at radius 1 is 0.933 bits per heavy atom. The van der Waals surface area contributed by atoms with Gasteiger partial charge >= 0.3 is 12.1 Å². The summed E-state index contributed by atoms with van der Waals surface area (Å²) < 4.78 is 5.53. The number of nitrogens with one attached hydrogen (secondary N) is 1. The molecule has 0 saturated heterocycles. The van der Waals surface area contributed by atoms with Gasteiger partial charge in [-0.1, -0.05) is 60.7 Å². The fraction of sp³-hybridized carbons (Fsp3) is 0.167. The molecule has 0 aliphatic heterocycles. The minimum absolute atomic E-state index is 0.0578. The fourth-order valence-corrected chi connectivity index (χ4v) is 3.94. The monoisotopic (exact) mass is 402 g/mol. The van der Waals surface area contributed by atoms with Crippen molar-refractivity contribution in [3.05, 3.63) is 89.5 Å². The van der Waals surface area contributed by atoms with Crippen LogP contribution in [0.25, 0.3) is 11.1 Å². The summed E-state index contributed by atoms with van der Waals surface area (Å²) in [4.78, 5) is 23.8. The quantitative estimate of drug-likeness (QED) is 0.533. The zero-order chi connectivity index (χ0) is 21.1. The Hall–Kier alpha value is -3.80. The second kappa shape index (κ2) is 8.29. The van der Waals surface area contributed by atoms with E-state index < -0.39 is 18.1 Å². The van der Waals surface area contributed by atoms with E-state index in [1.165, 1.54) is 0 Å². The number of nitrogens with two attached hydrogens (primary N) is 1. The number of rotatable bonds is 6. The lowest BCUT2D eigenvalue weighted by Crippen LogP contribution is -2.31. The van der Waals surface area contributed by atoms with Gasteiger partial charge in [0.25, 0.3) is 0 Å². The summed E-state index contributed by atoms with van der Waals surface area (Å²) >= 11 is 0. The average molecular weight is 402 g/mol. The highest BCUT2D eigenvalue weighted by Gasteiger charge is 2.29. The number of anilines is 1. The molecule has 6 nitrogen and oxygen atoms in total. The summed E-state index contributed by atoms with van der Waals surface area (Å²) in [6.07, 6.45) is -0.909. The summed E-state index contributed by atoms with van der Waals surface area (Å²) in [5, 5.41) is 11.9. The van der Waals surface area contributed by atoms with E-state index in [9.17, 15) is 14.7 Å². The second-order valence-corrected chi connectivity index (χ2v) is 7.29. The Labute approximate surface area is 174 Å². The van der Waals surface area contributed by atoms with E-state index in [1.54, 1.807) is 24.3 Å². The molecule has 4 N–H and O–H groups in total. The molecule has 1 aliphatic carbocycles. The summed E-state index contributed by atoms with van der Waals surface area (Å²) in [5.41, 5.74) is 11.4. The molecular weight excluding hydrogens is 380 g/mol. The lowest BCUT2D eigenvalue weighted by molar-refractivity contribution is -0.137. The number of ether oxygens (including phenoxy) is 1. The molecule has 3 aromatic carbocycles. The number of hydrogen-bond donors (Lipinski definition) is 3. The van der Waals surface area contributed by atoms with Crippen molar-refractivity contribution in [3.63, 3.8) is 0 Å². The molecular formula is C24H22N2O4. The summed E-state index contributed by atoms with van der Waals surface area (Å²) in [6, 6.07) is 22.2. The van der Waals surface area contributed by atoms with Crippen molar-refractivity contribution in [1.82, 2.24) is 5.32 Å². The van der Waals surface area contributed by atoms with Crippen LogP contribution in [-0.4, -0.2) is 23.8 Å². The number of nitrogen functional groups attached to an aromatic ring is 1. The summed E-state index contributed by atoms with van der Waals surface area (Å²) in [7, 11) is 0. The van der Waals surface area contributed by atoms with Crippen LogP contribution >= 0.6 is 0 Å². The van der Waals surface area contributed by atoms with Gasteiger partial charge in [-0.2, -0.15) is 0 Å². The van der Waals surface area contributed by atoms with Crippen LogP contribution in [0, 0.1) is 0 Å². The summed E-state index contributed by atoms with van der Waals surface area (Å²) in [6.45, 7) is 0.168. The third kappa shape index (κ3) is 3.98. The van der Waals surface area contributed by atoms with Crippen molar-refractivity contribution in [3.8, 4) is 11.1 Å². The SMILES string of the molecule is Nc1ccc(C(CC(=O)O)NC(=O)OCC2c3ccccc3-c3ccccc32)cc1. The zero-order valence-corrected chi connectivity index (χ0v) is 16.2. The van der Waals surface area contributed by atoms with E-state index in [-0.39, 0.29) is 18.9 Å². The number of amides is 1. The van der Waals surface area contributed by atoms with Crippen LogP contribution in [0.4, 0.5) is 10.5 Å². The number of hydrogen-bond acceptors (Lipinski definition) is 4. The lowest BCUT2D eigenvalue weighted by atomic mass is 9.98. The second-order valence-electron chi connectivity index (χ2n) is 7.29. The van der Waals surface area contributed by atoms with Crippen molar-refractivity contribution in [2.45, 2.75) is 18.4 Å². The maximum absolute atomic E-state index is 12.5. The summed E-state index contributed by atoms with van der Waals surface area (Å²) in [5.74, 6) is -1.08. The van der Waals surface area contributed by atoms with Crippen LogP contribution in [0.5, 0.6) is 0 Å². The van der Waals surface area contributed by atoms with Crippen LogP contribution in [-0.2, 0) is 9.53 Å². The number of carboxylic acid groups (broad SMARTS) is 1. The Morgan fingerprint density at radius 3 is 2.07 bits per heavy atom. The maximum atomic E-state index is 12.5. The minimum atomic E-state index is -1.02. The Balaban J connectivity index is 1.47. The van der Waals surface area contributed by atoms with Crippen molar-refractivity contribution in [2.75, 3.05) is 12.3 Å². The molecule has 6 heteroatoms. The normalized spacial score (nSPS) is 13.2. The van der Waals surface area contributed by atoms with Gasteiger partial charge < -0.3 is 20.9 Å². The van der Waals surface area contributed by atoms with Crippen LogP contribution < -0.4 is 11.1 Å². The highest BCUT2D eigenvalue weighted by atomic mass is 16.5. The van der Waals surface area contributed by atoms with Crippen LogP contribution in [0.1, 0.15) is 35.1 Å². The third-order valence-corrected chi connectivity index (χ3v) is 5.35. The third-order valence-electron chi connectivity index (χ3n) is 5.35. The van der Waals surface area contributed by atoms with Gasteiger partial charge in [-0.05, 0) is 39.9 Å².